The molecule has 0 aliphatic rings. The number of sulfonamides is 1. The Morgan fingerprint density at radius 3 is 2.31 bits per heavy atom. The van der Waals surface area contributed by atoms with Gasteiger partial charge in [-0.15, -0.1) is 0 Å². The second-order valence-corrected chi connectivity index (χ2v) is 12.4. The van der Waals surface area contributed by atoms with Crippen molar-refractivity contribution in [3.63, 3.8) is 0 Å². The number of methoxy groups -OCH3 is 1. The first-order valence-electron chi connectivity index (χ1n) is 13.1. The molecule has 0 radical (unpaired) electrons. The monoisotopic (exact) mass is 649 g/mol. The summed E-state index contributed by atoms with van der Waals surface area (Å²) in [4.78, 5) is 13.1. The lowest BCUT2D eigenvalue weighted by atomic mass is 10.1. The van der Waals surface area contributed by atoms with E-state index >= 15 is 0 Å². The molecule has 0 heterocycles. The van der Waals surface area contributed by atoms with E-state index in [-0.39, 0.29) is 4.90 Å². The Hall–Kier alpha value is -4.15. The van der Waals surface area contributed by atoms with E-state index < -0.39 is 22.5 Å². The molecule has 1 amide bonds. The van der Waals surface area contributed by atoms with Crippen molar-refractivity contribution in [2.24, 2.45) is 5.10 Å². The third kappa shape index (κ3) is 7.57. The van der Waals surface area contributed by atoms with E-state index in [0.717, 1.165) is 26.6 Å². The first-order chi connectivity index (χ1) is 20.1. The molecule has 8 nitrogen and oxygen atoms in total. The number of nitrogens with zero attached hydrogens (tertiary/aromatic N) is 2. The average molecular weight is 651 g/mol. The highest BCUT2D eigenvalue weighted by Gasteiger charge is 2.28. The fraction of sp³-hybridized carbons (Fsp3) is 0.188. The van der Waals surface area contributed by atoms with E-state index in [0.29, 0.717) is 33.8 Å². The number of carbonyl (C=O) groups is 1. The Morgan fingerprint density at radius 2 is 1.64 bits per heavy atom. The zero-order valence-electron chi connectivity index (χ0n) is 23.8. The van der Waals surface area contributed by atoms with Crippen molar-refractivity contribution in [2.75, 3.05) is 18.0 Å². The van der Waals surface area contributed by atoms with Crippen LogP contribution in [0.5, 0.6) is 11.5 Å². The van der Waals surface area contributed by atoms with Crippen LogP contribution in [0, 0.1) is 20.8 Å². The lowest BCUT2D eigenvalue weighted by molar-refractivity contribution is -0.119. The number of hydrazone groups is 1. The van der Waals surface area contributed by atoms with Crippen molar-refractivity contribution in [3.8, 4) is 11.5 Å². The van der Waals surface area contributed by atoms with Gasteiger partial charge in [0.1, 0.15) is 13.2 Å². The zero-order valence-corrected chi connectivity index (χ0v) is 26.2. The van der Waals surface area contributed by atoms with Gasteiger partial charge in [0.15, 0.2) is 11.5 Å². The van der Waals surface area contributed by atoms with Gasteiger partial charge in [0.2, 0.25) is 0 Å². The van der Waals surface area contributed by atoms with Crippen LogP contribution in [0.2, 0.25) is 0 Å². The van der Waals surface area contributed by atoms with Gasteiger partial charge in [-0.05, 0) is 83.7 Å². The largest absolute Gasteiger partial charge is 0.493 e. The molecule has 0 saturated heterocycles. The number of benzene rings is 4. The Kier molecular flexibility index (Phi) is 10.0. The van der Waals surface area contributed by atoms with Crippen LogP contribution in [0.4, 0.5) is 5.69 Å². The third-order valence-corrected chi connectivity index (χ3v) is 8.76. The van der Waals surface area contributed by atoms with Gasteiger partial charge in [0, 0.05) is 0 Å². The average Bonchev–Trinajstić information content (AvgIpc) is 2.96. The van der Waals surface area contributed by atoms with Gasteiger partial charge >= 0.3 is 0 Å². The van der Waals surface area contributed by atoms with Crippen molar-refractivity contribution < 1.29 is 22.7 Å². The summed E-state index contributed by atoms with van der Waals surface area (Å²) in [7, 11) is -2.50. The maximum Gasteiger partial charge on any atom is 0.264 e. The summed E-state index contributed by atoms with van der Waals surface area (Å²) >= 11 is 3.52. The maximum atomic E-state index is 13.7. The number of carbonyl (C=O) groups excluding carboxylic acids is 1. The molecule has 4 aromatic carbocycles. The van der Waals surface area contributed by atoms with Crippen LogP contribution in [0.25, 0.3) is 0 Å². The number of anilines is 1. The van der Waals surface area contributed by atoms with E-state index in [1.165, 1.54) is 25.5 Å². The van der Waals surface area contributed by atoms with E-state index in [1.54, 1.807) is 30.3 Å². The van der Waals surface area contributed by atoms with Crippen molar-refractivity contribution in [1.29, 1.82) is 0 Å². The normalized spacial score (nSPS) is 11.4. The highest BCUT2D eigenvalue weighted by molar-refractivity contribution is 9.10. The van der Waals surface area contributed by atoms with E-state index in [9.17, 15) is 13.2 Å². The fourth-order valence-electron chi connectivity index (χ4n) is 4.25. The first kappa shape index (κ1) is 30.8. The molecule has 0 unspecified atom stereocenters. The summed E-state index contributed by atoms with van der Waals surface area (Å²) in [6.45, 7) is 5.52. The maximum absolute atomic E-state index is 13.7. The molecule has 4 aromatic rings. The number of halogens is 1. The van der Waals surface area contributed by atoms with Gasteiger partial charge in [0.25, 0.3) is 15.9 Å². The van der Waals surface area contributed by atoms with Gasteiger partial charge in [-0.2, -0.15) is 5.10 Å². The molecule has 0 saturated carbocycles. The predicted molar refractivity (Wildman–Crippen MR) is 169 cm³/mol. The zero-order chi connectivity index (χ0) is 30.3. The number of nitrogens with one attached hydrogen (secondary N) is 1. The van der Waals surface area contributed by atoms with Gasteiger partial charge < -0.3 is 9.47 Å². The molecular formula is C32H32BrN3O5S. The molecule has 0 aliphatic carbocycles. The summed E-state index contributed by atoms with van der Waals surface area (Å²) in [6, 6.07) is 25.2. The standard InChI is InChI=1S/C32H32BrN3O5S/c1-22-10-13-27(14-11-22)42(38,39)36(29-15-12-23(2)16-24(29)3)20-31(37)35-34-19-26-17-28(33)32(30(18-26)40-4)41-21-25-8-6-5-7-9-25/h5-19H,20-21H2,1-4H3,(H,35,37)/b34-19-. The van der Waals surface area contributed by atoms with Gasteiger partial charge in [0.05, 0.1) is 28.4 Å². The SMILES string of the molecule is COc1cc(/C=N\NC(=O)CN(c2ccc(C)cc2C)S(=O)(=O)c2ccc(C)cc2)cc(Br)c1OCc1ccccc1. The number of ether oxygens (including phenoxy) is 2. The third-order valence-electron chi connectivity index (χ3n) is 6.40. The predicted octanol–water partition coefficient (Wildman–Crippen LogP) is 6.31. The summed E-state index contributed by atoms with van der Waals surface area (Å²) in [6.07, 6.45) is 1.45. The summed E-state index contributed by atoms with van der Waals surface area (Å²) in [5.41, 5.74) is 7.15. The number of hydrogen-bond acceptors (Lipinski definition) is 6. The van der Waals surface area contributed by atoms with Crippen LogP contribution < -0.4 is 19.2 Å². The van der Waals surface area contributed by atoms with Gasteiger partial charge in [-0.1, -0.05) is 65.7 Å². The lowest BCUT2D eigenvalue weighted by Gasteiger charge is -2.25. The molecule has 0 atom stereocenters. The minimum Gasteiger partial charge on any atom is -0.493 e. The first-order valence-corrected chi connectivity index (χ1v) is 15.3. The topological polar surface area (TPSA) is 97.3 Å². The van der Waals surface area contributed by atoms with Crippen LogP contribution >= 0.6 is 15.9 Å². The quantitative estimate of drug-likeness (QED) is 0.152. The Bertz CT molecular complexity index is 1690. The van der Waals surface area contributed by atoms with Crippen LogP contribution in [-0.4, -0.2) is 34.2 Å². The molecule has 218 valence electrons. The molecule has 4 rings (SSSR count). The Morgan fingerprint density at radius 1 is 0.952 bits per heavy atom. The summed E-state index contributed by atoms with van der Waals surface area (Å²) < 4.78 is 40.6. The van der Waals surface area contributed by atoms with Gasteiger partial charge in [-0.3, -0.25) is 9.10 Å². The minimum atomic E-state index is -4.04. The molecule has 0 spiro atoms. The molecular weight excluding hydrogens is 618 g/mol. The van der Waals surface area contributed by atoms with E-state index in [2.05, 4.69) is 26.5 Å². The molecule has 0 aromatic heterocycles. The Balaban J connectivity index is 1.51. The highest BCUT2D eigenvalue weighted by atomic mass is 79.9. The number of aryl methyl sites for hydroxylation is 3. The van der Waals surface area contributed by atoms with E-state index in [1.807, 2.05) is 63.2 Å². The number of hydrogen-bond donors (Lipinski definition) is 1. The fourth-order valence-corrected chi connectivity index (χ4v) is 6.31. The summed E-state index contributed by atoms with van der Waals surface area (Å²) in [5.74, 6) is 0.419. The van der Waals surface area contributed by atoms with Crippen LogP contribution in [-0.2, 0) is 21.4 Å². The van der Waals surface area contributed by atoms with Crippen molar-refractivity contribution in [3.05, 3.63) is 117 Å². The number of rotatable bonds is 11. The highest BCUT2D eigenvalue weighted by Crippen LogP contribution is 2.37. The van der Waals surface area contributed by atoms with Crippen molar-refractivity contribution >= 4 is 43.8 Å². The summed E-state index contributed by atoms with van der Waals surface area (Å²) in [5, 5.41) is 4.07. The molecule has 0 fully saturated rings. The number of amides is 1. The molecule has 0 aliphatic heterocycles. The Labute approximate surface area is 255 Å². The molecule has 0 bridgehead atoms. The van der Waals surface area contributed by atoms with Crippen molar-refractivity contribution in [1.82, 2.24) is 5.43 Å². The second kappa shape index (κ2) is 13.7. The lowest BCUT2D eigenvalue weighted by Crippen LogP contribution is -2.40. The minimum absolute atomic E-state index is 0.0934. The molecule has 10 heteroatoms. The smallest absolute Gasteiger partial charge is 0.264 e. The van der Waals surface area contributed by atoms with E-state index in [4.69, 9.17) is 9.47 Å². The second-order valence-electron chi connectivity index (χ2n) is 9.72. The van der Waals surface area contributed by atoms with Gasteiger partial charge in [-0.25, -0.2) is 13.8 Å². The van der Waals surface area contributed by atoms with Crippen LogP contribution in [0.15, 0.2) is 99.4 Å². The molecule has 1 N–H and O–H groups in total. The molecule has 42 heavy (non-hydrogen) atoms. The van der Waals surface area contributed by atoms with Crippen LogP contribution in [0.1, 0.15) is 27.8 Å². The van der Waals surface area contributed by atoms with Crippen LogP contribution in [0.3, 0.4) is 0 Å². The van der Waals surface area contributed by atoms with Crippen molar-refractivity contribution in [2.45, 2.75) is 32.3 Å².